The number of nitrogens with two attached hydrogens (primary N) is 1. The zero-order valence-electron chi connectivity index (χ0n) is 11.6. The first-order valence-electron chi connectivity index (χ1n) is 7.31. The molecule has 5 nitrogen and oxygen atoms in total. The monoisotopic (exact) mass is 268 g/mol. The number of hydrogen-bond donors (Lipinski definition) is 2. The van der Waals surface area contributed by atoms with Gasteiger partial charge in [-0.3, -0.25) is 9.59 Å². The predicted molar refractivity (Wildman–Crippen MR) is 71.3 cm³/mol. The van der Waals surface area contributed by atoms with E-state index < -0.39 is 5.54 Å². The zero-order chi connectivity index (χ0) is 13.9. The van der Waals surface area contributed by atoms with Gasteiger partial charge in [-0.2, -0.15) is 0 Å². The van der Waals surface area contributed by atoms with Gasteiger partial charge in [-0.25, -0.2) is 0 Å². The highest BCUT2D eigenvalue weighted by atomic mass is 16.5. The van der Waals surface area contributed by atoms with E-state index >= 15 is 0 Å². The molecule has 2 saturated carbocycles. The molecule has 2 aliphatic carbocycles. The third-order valence-electron chi connectivity index (χ3n) is 4.38. The lowest BCUT2D eigenvalue weighted by molar-refractivity contribution is -0.149. The molecule has 3 N–H and O–H groups in total. The lowest BCUT2D eigenvalue weighted by atomic mass is 9.76. The maximum absolute atomic E-state index is 12.0. The van der Waals surface area contributed by atoms with E-state index in [9.17, 15) is 9.59 Å². The molecule has 108 valence electrons. The van der Waals surface area contributed by atoms with Crippen LogP contribution in [0.15, 0.2) is 0 Å². The van der Waals surface area contributed by atoms with Gasteiger partial charge in [0, 0.05) is 6.04 Å². The molecule has 2 aliphatic rings. The van der Waals surface area contributed by atoms with E-state index in [4.69, 9.17) is 10.5 Å². The van der Waals surface area contributed by atoms with Crippen molar-refractivity contribution >= 4 is 11.9 Å². The van der Waals surface area contributed by atoms with Gasteiger partial charge in [0.25, 0.3) is 0 Å². The van der Waals surface area contributed by atoms with E-state index in [0.29, 0.717) is 6.61 Å². The minimum Gasteiger partial charge on any atom is -0.466 e. The Labute approximate surface area is 114 Å². The van der Waals surface area contributed by atoms with Crippen LogP contribution in [0, 0.1) is 5.92 Å². The molecule has 0 aromatic rings. The molecule has 0 bridgehead atoms. The van der Waals surface area contributed by atoms with Crippen LogP contribution in [0.2, 0.25) is 0 Å². The number of hydrogen-bond acceptors (Lipinski definition) is 4. The van der Waals surface area contributed by atoms with Crippen molar-refractivity contribution in [3.05, 3.63) is 0 Å². The van der Waals surface area contributed by atoms with Gasteiger partial charge < -0.3 is 15.8 Å². The fraction of sp³-hybridized carbons (Fsp3) is 0.857. The van der Waals surface area contributed by atoms with Crippen molar-refractivity contribution in [1.29, 1.82) is 0 Å². The topological polar surface area (TPSA) is 81.4 Å². The minimum atomic E-state index is -0.627. The van der Waals surface area contributed by atoms with E-state index in [1.54, 1.807) is 0 Å². The molecule has 0 aliphatic heterocycles. The predicted octanol–water partition coefficient (Wildman–Crippen LogP) is 1.11. The summed E-state index contributed by atoms with van der Waals surface area (Å²) in [7, 11) is 0. The average Bonchev–Trinajstić information content (AvgIpc) is 2.37. The molecule has 0 aromatic carbocycles. The van der Waals surface area contributed by atoms with Crippen LogP contribution in [0.1, 0.15) is 51.9 Å². The number of amides is 1. The smallest absolute Gasteiger partial charge is 0.308 e. The van der Waals surface area contributed by atoms with Crippen molar-refractivity contribution in [3.8, 4) is 0 Å². The van der Waals surface area contributed by atoms with Crippen molar-refractivity contribution in [2.75, 3.05) is 6.61 Å². The van der Waals surface area contributed by atoms with Gasteiger partial charge in [-0.05, 0) is 51.9 Å². The summed E-state index contributed by atoms with van der Waals surface area (Å²) >= 11 is 0. The first kappa shape index (κ1) is 14.3. The third-order valence-corrected chi connectivity index (χ3v) is 4.38. The van der Waals surface area contributed by atoms with Gasteiger partial charge >= 0.3 is 5.97 Å². The van der Waals surface area contributed by atoms with E-state index in [0.717, 1.165) is 44.9 Å². The van der Waals surface area contributed by atoms with Gasteiger partial charge in [0.05, 0.1) is 18.1 Å². The second kappa shape index (κ2) is 5.90. The maximum atomic E-state index is 12.0. The fourth-order valence-electron chi connectivity index (χ4n) is 2.85. The molecule has 0 radical (unpaired) electrons. The summed E-state index contributed by atoms with van der Waals surface area (Å²) in [6.45, 7) is 2.26. The molecule has 2 rings (SSSR count). The summed E-state index contributed by atoms with van der Waals surface area (Å²) in [5.74, 6) is -0.108. The molecule has 0 atom stereocenters. The number of esters is 1. The van der Waals surface area contributed by atoms with Crippen LogP contribution < -0.4 is 11.1 Å². The highest BCUT2D eigenvalue weighted by molar-refractivity contribution is 5.87. The molecule has 0 saturated heterocycles. The fourth-order valence-corrected chi connectivity index (χ4v) is 2.85. The molecule has 19 heavy (non-hydrogen) atoms. The number of rotatable bonds is 4. The Morgan fingerprint density at radius 2 is 1.89 bits per heavy atom. The minimum absolute atomic E-state index is 0.00337. The summed E-state index contributed by atoms with van der Waals surface area (Å²) in [4.78, 5) is 23.6. The summed E-state index contributed by atoms with van der Waals surface area (Å²) in [6, 6.07) is 0.166. The molecular formula is C14H24N2O3. The Bertz CT molecular complexity index is 345. The maximum Gasteiger partial charge on any atom is 0.308 e. The van der Waals surface area contributed by atoms with Crippen molar-refractivity contribution in [2.45, 2.75) is 63.5 Å². The lowest BCUT2D eigenvalue weighted by Gasteiger charge is -2.38. The highest BCUT2D eigenvalue weighted by Crippen LogP contribution is 2.30. The summed E-state index contributed by atoms with van der Waals surface area (Å²) in [5, 5.41) is 3.04. The van der Waals surface area contributed by atoms with Gasteiger partial charge in [-0.1, -0.05) is 0 Å². The Balaban J connectivity index is 1.74. The first-order valence-corrected chi connectivity index (χ1v) is 7.31. The number of carbonyl (C=O) groups is 2. The normalized spacial score (nSPS) is 29.2. The molecule has 0 unspecified atom stereocenters. The molecule has 0 aromatic heterocycles. The van der Waals surface area contributed by atoms with E-state index in [-0.39, 0.29) is 23.8 Å². The van der Waals surface area contributed by atoms with Gasteiger partial charge in [0.2, 0.25) is 5.91 Å². The van der Waals surface area contributed by atoms with Crippen molar-refractivity contribution in [1.82, 2.24) is 5.32 Å². The molecule has 2 fully saturated rings. The second-order valence-electron chi connectivity index (χ2n) is 5.78. The number of nitrogens with one attached hydrogen (secondary N) is 1. The quantitative estimate of drug-likeness (QED) is 0.748. The van der Waals surface area contributed by atoms with Gasteiger partial charge in [0.1, 0.15) is 0 Å². The standard InChI is InChI=1S/C14H24N2O3/c1-2-19-12(17)10-4-6-11(7-5-10)16-13(18)14(15)8-3-9-14/h10-11H,2-9,15H2,1H3,(H,16,18). The number of carbonyl (C=O) groups excluding carboxylic acids is 2. The SMILES string of the molecule is CCOC(=O)C1CCC(NC(=O)C2(N)CCC2)CC1. The van der Waals surface area contributed by atoms with Crippen LogP contribution in [0.25, 0.3) is 0 Å². The van der Waals surface area contributed by atoms with Gasteiger partial charge in [0.15, 0.2) is 0 Å². The number of ether oxygens (including phenoxy) is 1. The van der Waals surface area contributed by atoms with Crippen LogP contribution >= 0.6 is 0 Å². The lowest BCUT2D eigenvalue weighted by Crippen LogP contribution is -2.60. The molecular weight excluding hydrogens is 244 g/mol. The second-order valence-corrected chi connectivity index (χ2v) is 5.78. The molecule has 5 heteroatoms. The summed E-state index contributed by atoms with van der Waals surface area (Å²) in [5.41, 5.74) is 5.37. The van der Waals surface area contributed by atoms with Crippen molar-refractivity contribution < 1.29 is 14.3 Å². The Morgan fingerprint density at radius 1 is 1.26 bits per heavy atom. The molecule has 0 heterocycles. The summed E-state index contributed by atoms with van der Waals surface area (Å²) < 4.78 is 5.03. The largest absolute Gasteiger partial charge is 0.466 e. The van der Waals surface area contributed by atoms with Crippen LogP contribution in [-0.4, -0.2) is 30.1 Å². The van der Waals surface area contributed by atoms with Gasteiger partial charge in [-0.15, -0.1) is 0 Å². The Hall–Kier alpha value is -1.10. The highest BCUT2D eigenvalue weighted by Gasteiger charge is 2.41. The Kier molecular flexibility index (Phi) is 4.45. The third kappa shape index (κ3) is 3.26. The van der Waals surface area contributed by atoms with E-state index in [1.807, 2.05) is 6.92 Å². The van der Waals surface area contributed by atoms with E-state index in [1.165, 1.54) is 0 Å². The molecule has 1 amide bonds. The van der Waals surface area contributed by atoms with Crippen molar-refractivity contribution in [3.63, 3.8) is 0 Å². The van der Waals surface area contributed by atoms with Crippen molar-refractivity contribution in [2.24, 2.45) is 11.7 Å². The van der Waals surface area contributed by atoms with Crippen LogP contribution in [0.4, 0.5) is 0 Å². The average molecular weight is 268 g/mol. The zero-order valence-corrected chi connectivity index (χ0v) is 11.6. The van der Waals surface area contributed by atoms with E-state index in [2.05, 4.69) is 5.32 Å². The van der Waals surface area contributed by atoms with Crippen LogP contribution in [-0.2, 0) is 14.3 Å². The first-order chi connectivity index (χ1) is 9.05. The Morgan fingerprint density at radius 3 is 2.37 bits per heavy atom. The van der Waals surface area contributed by atoms with Crippen LogP contribution in [0.3, 0.4) is 0 Å². The summed E-state index contributed by atoms with van der Waals surface area (Å²) in [6.07, 6.45) is 5.88. The molecule has 0 spiro atoms. The van der Waals surface area contributed by atoms with Crippen LogP contribution in [0.5, 0.6) is 0 Å².